The first-order valence-corrected chi connectivity index (χ1v) is 7.82. The molecular weight excluding hydrogens is 232 g/mol. The van der Waals surface area contributed by atoms with Gasteiger partial charge in [-0.2, -0.15) is 0 Å². The molecule has 106 valence electrons. The smallest absolute Gasteiger partial charge is 0.0368 e. The van der Waals surface area contributed by atoms with Crippen LogP contribution >= 0.6 is 0 Å². The highest BCUT2D eigenvalue weighted by molar-refractivity contribution is 5.48. The summed E-state index contributed by atoms with van der Waals surface area (Å²) in [6, 6.07) is 10.0. The third-order valence-corrected chi connectivity index (χ3v) is 4.17. The minimum atomic E-state index is 0.243. The summed E-state index contributed by atoms with van der Waals surface area (Å²) < 4.78 is 0. The highest BCUT2D eigenvalue weighted by Crippen LogP contribution is 2.26. The molecular formula is C17H28N2. The van der Waals surface area contributed by atoms with Crippen molar-refractivity contribution < 1.29 is 0 Å². The Balaban J connectivity index is 2.10. The Kier molecular flexibility index (Phi) is 5.26. The number of anilines is 1. The molecule has 0 aliphatic carbocycles. The highest BCUT2D eigenvalue weighted by Gasteiger charge is 2.19. The van der Waals surface area contributed by atoms with Gasteiger partial charge in [0.1, 0.15) is 0 Å². The van der Waals surface area contributed by atoms with E-state index in [1.54, 1.807) is 0 Å². The molecule has 2 nitrogen and oxygen atoms in total. The van der Waals surface area contributed by atoms with Gasteiger partial charge in [-0.3, -0.25) is 0 Å². The third-order valence-electron chi connectivity index (χ3n) is 4.17. The van der Waals surface area contributed by atoms with Crippen molar-refractivity contribution in [1.82, 2.24) is 0 Å². The van der Waals surface area contributed by atoms with Crippen LogP contribution in [0.2, 0.25) is 0 Å². The van der Waals surface area contributed by atoms with Gasteiger partial charge < -0.3 is 10.6 Å². The molecule has 2 atom stereocenters. The van der Waals surface area contributed by atoms with Gasteiger partial charge in [-0.15, -0.1) is 0 Å². The molecule has 2 rings (SSSR count). The molecule has 1 aliphatic rings. The van der Waals surface area contributed by atoms with Crippen LogP contribution in [0.25, 0.3) is 0 Å². The Morgan fingerprint density at radius 2 is 1.95 bits per heavy atom. The second kappa shape index (κ2) is 6.95. The zero-order valence-corrected chi connectivity index (χ0v) is 12.4. The lowest BCUT2D eigenvalue weighted by molar-refractivity contribution is 0.556. The largest absolute Gasteiger partial charge is 0.369 e. The van der Waals surface area contributed by atoms with Crippen molar-refractivity contribution in [1.29, 1.82) is 0 Å². The van der Waals surface area contributed by atoms with E-state index >= 15 is 0 Å². The van der Waals surface area contributed by atoms with E-state index in [0.717, 1.165) is 12.5 Å². The summed E-state index contributed by atoms with van der Waals surface area (Å²) in [5, 5.41) is 0. The predicted molar refractivity (Wildman–Crippen MR) is 83.7 cm³/mol. The van der Waals surface area contributed by atoms with Crippen LogP contribution in [0.4, 0.5) is 5.69 Å². The number of hydrogen-bond acceptors (Lipinski definition) is 2. The van der Waals surface area contributed by atoms with Crippen LogP contribution < -0.4 is 10.6 Å². The Hall–Kier alpha value is -1.02. The van der Waals surface area contributed by atoms with E-state index in [0.29, 0.717) is 0 Å². The summed E-state index contributed by atoms with van der Waals surface area (Å²) in [6.07, 6.45) is 7.67. The first kappa shape index (κ1) is 14.4. The lowest BCUT2D eigenvalue weighted by Crippen LogP contribution is -2.34. The number of nitrogens with two attached hydrogens (primary N) is 1. The first-order chi connectivity index (χ1) is 9.20. The summed E-state index contributed by atoms with van der Waals surface area (Å²) in [5.41, 5.74) is 8.60. The Morgan fingerprint density at radius 3 is 2.58 bits per heavy atom. The van der Waals surface area contributed by atoms with Crippen LogP contribution in [-0.4, -0.2) is 18.6 Å². The van der Waals surface area contributed by atoms with Gasteiger partial charge in [0.2, 0.25) is 0 Å². The fraction of sp³-hybridized carbons (Fsp3) is 0.647. The van der Waals surface area contributed by atoms with Crippen molar-refractivity contribution >= 4 is 5.69 Å². The quantitative estimate of drug-likeness (QED) is 0.893. The van der Waals surface area contributed by atoms with E-state index in [1.807, 2.05) is 0 Å². The van der Waals surface area contributed by atoms with Crippen molar-refractivity contribution in [2.45, 2.75) is 64.5 Å². The van der Waals surface area contributed by atoms with Gasteiger partial charge in [0.05, 0.1) is 0 Å². The summed E-state index contributed by atoms with van der Waals surface area (Å²) in [4.78, 5) is 2.61. The second-order valence-electron chi connectivity index (χ2n) is 5.95. The average Bonchev–Trinajstić information content (AvgIpc) is 2.64. The van der Waals surface area contributed by atoms with Crippen molar-refractivity contribution in [3.63, 3.8) is 0 Å². The van der Waals surface area contributed by atoms with Crippen LogP contribution in [0.5, 0.6) is 0 Å². The van der Waals surface area contributed by atoms with Gasteiger partial charge in [0.25, 0.3) is 0 Å². The molecule has 2 unspecified atom stereocenters. The van der Waals surface area contributed by atoms with Crippen molar-refractivity contribution in [3.8, 4) is 0 Å². The molecule has 0 radical (unpaired) electrons. The SMILES string of the molecule is CCC1CCCCCN1c1ccc(CC(C)N)cc1. The molecule has 0 aromatic heterocycles. The van der Waals surface area contributed by atoms with Crippen LogP contribution in [0.15, 0.2) is 24.3 Å². The molecule has 0 saturated carbocycles. The topological polar surface area (TPSA) is 29.3 Å². The maximum atomic E-state index is 5.86. The Morgan fingerprint density at radius 1 is 1.21 bits per heavy atom. The van der Waals surface area contributed by atoms with Crippen LogP contribution in [-0.2, 0) is 6.42 Å². The summed E-state index contributed by atoms with van der Waals surface area (Å²) in [6.45, 7) is 5.59. The maximum absolute atomic E-state index is 5.86. The van der Waals surface area contributed by atoms with E-state index in [-0.39, 0.29) is 6.04 Å². The van der Waals surface area contributed by atoms with Crippen LogP contribution in [0.3, 0.4) is 0 Å². The van der Waals surface area contributed by atoms with Crippen molar-refractivity contribution in [2.24, 2.45) is 5.73 Å². The molecule has 0 bridgehead atoms. The second-order valence-corrected chi connectivity index (χ2v) is 5.95. The van der Waals surface area contributed by atoms with E-state index in [9.17, 15) is 0 Å². The summed E-state index contributed by atoms with van der Waals surface area (Å²) in [7, 11) is 0. The van der Waals surface area contributed by atoms with E-state index in [1.165, 1.54) is 49.9 Å². The van der Waals surface area contributed by atoms with Crippen LogP contribution in [0, 0.1) is 0 Å². The predicted octanol–water partition coefficient (Wildman–Crippen LogP) is 3.74. The molecule has 1 aromatic rings. The van der Waals surface area contributed by atoms with E-state index < -0.39 is 0 Å². The molecule has 19 heavy (non-hydrogen) atoms. The Bertz CT molecular complexity index is 369. The number of nitrogens with zero attached hydrogens (tertiary/aromatic N) is 1. The fourth-order valence-electron chi connectivity index (χ4n) is 3.14. The molecule has 1 saturated heterocycles. The zero-order valence-electron chi connectivity index (χ0n) is 12.4. The molecule has 0 amide bonds. The van der Waals surface area contributed by atoms with Crippen LogP contribution in [0.1, 0.15) is 51.5 Å². The molecule has 2 N–H and O–H groups in total. The Labute approximate surface area is 118 Å². The van der Waals surface area contributed by atoms with Gasteiger partial charge in [-0.25, -0.2) is 0 Å². The lowest BCUT2D eigenvalue weighted by Gasteiger charge is -2.31. The summed E-state index contributed by atoms with van der Waals surface area (Å²) >= 11 is 0. The van der Waals surface area contributed by atoms with Gasteiger partial charge in [0, 0.05) is 24.3 Å². The van der Waals surface area contributed by atoms with Gasteiger partial charge in [-0.1, -0.05) is 31.9 Å². The number of hydrogen-bond donors (Lipinski definition) is 1. The first-order valence-electron chi connectivity index (χ1n) is 7.82. The highest BCUT2D eigenvalue weighted by atomic mass is 15.2. The number of rotatable bonds is 4. The molecule has 1 aromatic carbocycles. The monoisotopic (exact) mass is 260 g/mol. The normalized spacial score (nSPS) is 22.1. The average molecular weight is 260 g/mol. The van der Waals surface area contributed by atoms with Gasteiger partial charge in [0.15, 0.2) is 0 Å². The molecule has 1 fully saturated rings. The molecule has 2 heteroatoms. The molecule has 0 spiro atoms. The standard InChI is InChI=1S/C17H28N2/c1-3-16-7-5-4-6-12-19(16)17-10-8-15(9-11-17)13-14(2)18/h8-11,14,16H,3-7,12-13,18H2,1-2H3. The van der Waals surface area contributed by atoms with Crippen molar-refractivity contribution in [3.05, 3.63) is 29.8 Å². The maximum Gasteiger partial charge on any atom is 0.0368 e. The fourth-order valence-corrected chi connectivity index (χ4v) is 3.14. The number of benzene rings is 1. The lowest BCUT2D eigenvalue weighted by atomic mass is 10.0. The molecule has 1 heterocycles. The van der Waals surface area contributed by atoms with E-state index in [2.05, 4.69) is 43.0 Å². The van der Waals surface area contributed by atoms with Gasteiger partial charge >= 0.3 is 0 Å². The minimum Gasteiger partial charge on any atom is -0.369 e. The molecule has 1 aliphatic heterocycles. The third kappa shape index (κ3) is 3.97. The van der Waals surface area contributed by atoms with Gasteiger partial charge in [-0.05, 0) is 50.3 Å². The summed E-state index contributed by atoms with van der Waals surface area (Å²) in [5.74, 6) is 0. The minimum absolute atomic E-state index is 0.243. The zero-order chi connectivity index (χ0) is 13.7. The van der Waals surface area contributed by atoms with E-state index in [4.69, 9.17) is 5.73 Å². The van der Waals surface area contributed by atoms with Crippen molar-refractivity contribution in [2.75, 3.05) is 11.4 Å².